The van der Waals surface area contributed by atoms with Crippen molar-refractivity contribution in [2.24, 2.45) is 17.3 Å². The molecule has 0 radical (unpaired) electrons. The molecule has 8 heteroatoms. The zero-order valence-corrected chi connectivity index (χ0v) is 22.9. The maximum atomic E-state index is 14.1. The van der Waals surface area contributed by atoms with Crippen molar-refractivity contribution in [1.82, 2.24) is 4.90 Å². The molecule has 3 fully saturated rings. The molecule has 196 valence electrons. The van der Waals surface area contributed by atoms with E-state index in [1.807, 2.05) is 25.7 Å². The average molecular weight is 515 g/mol. The predicted octanol–water partition coefficient (Wildman–Crippen LogP) is 4.48. The van der Waals surface area contributed by atoms with E-state index in [2.05, 4.69) is 18.8 Å². The second-order valence-corrected chi connectivity index (χ2v) is 12.4. The van der Waals surface area contributed by atoms with Crippen LogP contribution in [0.5, 0.6) is 0 Å². The molecule has 1 aromatic rings. The highest BCUT2D eigenvalue weighted by Gasteiger charge is 2.45. The van der Waals surface area contributed by atoms with Gasteiger partial charge in [0.25, 0.3) is 0 Å². The number of carbonyl (C=O) groups is 3. The van der Waals surface area contributed by atoms with E-state index in [1.54, 1.807) is 11.0 Å². The molecule has 1 aliphatic carbocycles. The molecule has 3 heterocycles. The average Bonchev–Trinajstić information content (AvgIpc) is 3.58. The molecular formula is C28H38N2O5S. The molecule has 7 nitrogen and oxygen atoms in total. The lowest BCUT2D eigenvalue weighted by Crippen LogP contribution is -2.50. The monoisotopic (exact) mass is 514 g/mol. The summed E-state index contributed by atoms with van der Waals surface area (Å²) in [7, 11) is 1.34. The van der Waals surface area contributed by atoms with Crippen LogP contribution in [0.15, 0.2) is 6.07 Å². The molecule has 1 aromatic heterocycles. The van der Waals surface area contributed by atoms with E-state index >= 15 is 0 Å². The van der Waals surface area contributed by atoms with Gasteiger partial charge in [0.2, 0.25) is 11.8 Å². The fraction of sp³-hybridized carbons (Fsp3) is 0.679. The second kappa shape index (κ2) is 10.9. The Labute approximate surface area is 218 Å². The number of nitrogens with zero attached hydrogens (tertiary/aromatic N) is 2. The van der Waals surface area contributed by atoms with Crippen molar-refractivity contribution in [3.8, 4) is 11.8 Å². The number of ether oxygens (including phenoxy) is 2. The maximum Gasteiger partial charge on any atom is 0.350 e. The number of hydrogen-bond donors (Lipinski definition) is 0. The van der Waals surface area contributed by atoms with Crippen LogP contribution in [0.2, 0.25) is 0 Å². The SMILES string of the molecule is COC(=O)c1sc(C#CC(C)(C)C)cc1N(C(=O)C1CCC(C)CC1)C1CCN(C2CCOC2)C1=O. The molecule has 2 atom stereocenters. The van der Waals surface area contributed by atoms with Gasteiger partial charge in [-0.05, 0) is 71.3 Å². The topological polar surface area (TPSA) is 76.2 Å². The number of likely N-dealkylation sites (tertiary alicyclic amines) is 1. The van der Waals surface area contributed by atoms with E-state index < -0.39 is 12.0 Å². The lowest BCUT2D eigenvalue weighted by atomic mass is 9.82. The molecule has 36 heavy (non-hydrogen) atoms. The van der Waals surface area contributed by atoms with Crippen LogP contribution in [0.3, 0.4) is 0 Å². The number of esters is 1. The summed E-state index contributed by atoms with van der Waals surface area (Å²) in [6.45, 7) is 10.0. The molecule has 4 rings (SSSR count). The van der Waals surface area contributed by atoms with Crippen LogP contribution in [0.25, 0.3) is 0 Å². The van der Waals surface area contributed by atoms with E-state index in [0.29, 0.717) is 47.5 Å². The minimum Gasteiger partial charge on any atom is -0.465 e. The van der Waals surface area contributed by atoms with Crippen molar-refractivity contribution in [3.05, 3.63) is 15.8 Å². The van der Waals surface area contributed by atoms with E-state index in [0.717, 1.165) is 32.1 Å². The van der Waals surface area contributed by atoms with E-state index in [-0.39, 0.29) is 29.2 Å². The smallest absolute Gasteiger partial charge is 0.350 e. The first-order chi connectivity index (χ1) is 17.1. The Bertz CT molecular complexity index is 1050. The Kier molecular flexibility index (Phi) is 8.11. The van der Waals surface area contributed by atoms with Crippen molar-refractivity contribution in [1.29, 1.82) is 0 Å². The molecule has 0 spiro atoms. The lowest BCUT2D eigenvalue weighted by Gasteiger charge is -2.34. The van der Waals surface area contributed by atoms with Crippen molar-refractivity contribution in [2.45, 2.75) is 78.3 Å². The molecule has 2 aliphatic heterocycles. The van der Waals surface area contributed by atoms with Gasteiger partial charge in [0.15, 0.2) is 0 Å². The van der Waals surface area contributed by atoms with Gasteiger partial charge >= 0.3 is 5.97 Å². The van der Waals surface area contributed by atoms with Crippen LogP contribution >= 0.6 is 11.3 Å². The Balaban J connectivity index is 1.74. The van der Waals surface area contributed by atoms with Gasteiger partial charge in [-0.1, -0.05) is 18.8 Å². The molecule has 2 unspecified atom stereocenters. The van der Waals surface area contributed by atoms with Gasteiger partial charge in [0.1, 0.15) is 10.9 Å². The Morgan fingerprint density at radius 3 is 2.50 bits per heavy atom. The highest BCUT2D eigenvalue weighted by atomic mass is 32.1. The Hall–Kier alpha value is -2.37. The minimum absolute atomic E-state index is 0.0470. The summed E-state index contributed by atoms with van der Waals surface area (Å²) in [5, 5.41) is 0. The van der Waals surface area contributed by atoms with Crippen molar-refractivity contribution in [2.75, 3.05) is 31.8 Å². The van der Waals surface area contributed by atoms with Gasteiger partial charge in [-0.3, -0.25) is 14.5 Å². The van der Waals surface area contributed by atoms with Crippen LogP contribution in [-0.2, 0) is 19.1 Å². The van der Waals surface area contributed by atoms with Crippen molar-refractivity contribution in [3.63, 3.8) is 0 Å². The number of methoxy groups -OCH3 is 1. The summed E-state index contributed by atoms with van der Waals surface area (Å²) < 4.78 is 10.6. The number of anilines is 1. The van der Waals surface area contributed by atoms with Crippen molar-refractivity contribution < 1.29 is 23.9 Å². The second-order valence-electron chi connectivity index (χ2n) is 11.3. The third kappa shape index (κ3) is 5.78. The van der Waals surface area contributed by atoms with Crippen LogP contribution < -0.4 is 4.90 Å². The quantitative estimate of drug-likeness (QED) is 0.428. The Morgan fingerprint density at radius 1 is 1.17 bits per heavy atom. The number of carbonyl (C=O) groups excluding carboxylic acids is 3. The van der Waals surface area contributed by atoms with Gasteiger partial charge in [-0.15, -0.1) is 11.3 Å². The van der Waals surface area contributed by atoms with Gasteiger partial charge in [-0.25, -0.2) is 4.79 Å². The first-order valence-electron chi connectivity index (χ1n) is 13.1. The normalized spacial score (nSPS) is 26.5. The van der Waals surface area contributed by atoms with Crippen molar-refractivity contribution >= 4 is 34.8 Å². The standard InChI is InChI=1S/C28H38N2O5S/c1-18-6-8-19(9-7-18)25(31)30(22-11-14-29(26(22)32)20-12-15-35-17-20)23-16-21(10-13-28(2,3)4)36-24(23)27(33)34-5/h16,18-20,22H,6-9,11-12,14-15,17H2,1-5H3. The van der Waals surface area contributed by atoms with E-state index in [9.17, 15) is 14.4 Å². The summed E-state index contributed by atoms with van der Waals surface area (Å²) >= 11 is 1.22. The van der Waals surface area contributed by atoms with E-state index in [1.165, 1.54) is 18.4 Å². The fourth-order valence-electron chi connectivity index (χ4n) is 5.31. The molecular weight excluding hydrogens is 476 g/mol. The third-order valence-corrected chi connectivity index (χ3v) is 8.40. The summed E-state index contributed by atoms with van der Waals surface area (Å²) in [5.41, 5.74) is 0.242. The van der Waals surface area contributed by atoms with Crippen LogP contribution in [0.4, 0.5) is 5.69 Å². The molecule has 1 saturated carbocycles. The molecule has 0 aromatic carbocycles. The summed E-state index contributed by atoms with van der Waals surface area (Å²) in [6.07, 6.45) is 4.92. The minimum atomic E-state index is -0.640. The zero-order valence-electron chi connectivity index (χ0n) is 22.1. The fourth-order valence-corrected chi connectivity index (χ4v) is 6.23. The van der Waals surface area contributed by atoms with Gasteiger partial charge in [-0.2, -0.15) is 0 Å². The first-order valence-corrected chi connectivity index (χ1v) is 13.9. The van der Waals surface area contributed by atoms with Crippen LogP contribution in [0.1, 0.15) is 80.8 Å². The Morgan fingerprint density at radius 2 is 1.89 bits per heavy atom. The third-order valence-electron chi connectivity index (χ3n) is 7.38. The predicted molar refractivity (Wildman–Crippen MR) is 140 cm³/mol. The summed E-state index contributed by atoms with van der Waals surface area (Å²) in [6, 6.07) is 1.21. The van der Waals surface area contributed by atoms with Crippen LogP contribution in [-0.4, -0.2) is 61.6 Å². The van der Waals surface area contributed by atoms with Gasteiger partial charge < -0.3 is 14.4 Å². The largest absolute Gasteiger partial charge is 0.465 e. The molecule has 3 aliphatic rings. The van der Waals surface area contributed by atoms with Gasteiger partial charge in [0, 0.05) is 24.5 Å². The number of amides is 2. The molecule has 2 saturated heterocycles. The number of thiophene rings is 1. The zero-order chi connectivity index (χ0) is 26.0. The number of rotatable bonds is 5. The maximum absolute atomic E-state index is 14.1. The van der Waals surface area contributed by atoms with E-state index in [4.69, 9.17) is 9.47 Å². The lowest BCUT2D eigenvalue weighted by molar-refractivity contribution is -0.133. The van der Waals surface area contributed by atoms with Gasteiger partial charge in [0.05, 0.1) is 30.3 Å². The highest BCUT2D eigenvalue weighted by molar-refractivity contribution is 7.15. The number of hydrogen-bond acceptors (Lipinski definition) is 6. The summed E-state index contributed by atoms with van der Waals surface area (Å²) in [4.78, 5) is 45.2. The van der Waals surface area contributed by atoms with Crippen LogP contribution in [0, 0.1) is 29.1 Å². The first kappa shape index (κ1) is 26.7. The molecule has 0 N–H and O–H groups in total. The molecule has 2 amide bonds. The summed E-state index contributed by atoms with van der Waals surface area (Å²) in [5.74, 6) is 6.17. The highest BCUT2D eigenvalue weighted by Crippen LogP contribution is 2.38. The molecule has 0 bridgehead atoms.